The van der Waals surface area contributed by atoms with Gasteiger partial charge >= 0.3 is 0 Å². The molecule has 0 amide bonds. The lowest BCUT2D eigenvalue weighted by Gasteiger charge is -2.12. The van der Waals surface area contributed by atoms with Gasteiger partial charge in [-0.15, -0.1) is 0 Å². The number of aryl methyl sites for hydroxylation is 1. The number of hydrogen-bond donors (Lipinski definition) is 2. The van der Waals surface area contributed by atoms with Crippen LogP contribution in [-0.2, 0) is 0 Å². The number of nitrogens with two attached hydrogens (primary N) is 1. The van der Waals surface area contributed by atoms with Crippen LogP contribution < -0.4 is 11.1 Å². The average molecular weight is 261 g/mol. The molecule has 0 bridgehead atoms. The van der Waals surface area contributed by atoms with Crippen LogP contribution >= 0.6 is 12.2 Å². The van der Waals surface area contributed by atoms with Gasteiger partial charge in [-0.2, -0.15) is 0 Å². The van der Waals surface area contributed by atoms with Crippen LogP contribution in [0.2, 0.25) is 0 Å². The number of aromatic nitrogens is 1. The zero-order valence-electron chi connectivity index (χ0n) is 9.77. The smallest absolute Gasteiger partial charge is 0.149 e. The Kier molecular flexibility index (Phi) is 3.53. The van der Waals surface area contributed by atoms with Gasteiger partial charge in [-0.05, 0) is 24.6 Å². The molecule has 3 nitrogen and oxygen atoms in total. The lowest BCUT2D eigenvalue weighted by Crippen LogP contribution is -2.12. The van der Waals surface area contributed by atoms with Crippen molar-refractivity contribution in [2.75, 3.05) is 5.32 Å². The van der Waals surface area contributed by atoms with Crippen LogP contribution in [0.15, 0.2) is 36.7 Å². The third-order valence-electron chi connectivity index (χ3n) is 2.55. The lowest BCUT2D eigenvalue weighted by molar-refractivity contribution is 0.622. The molecular weight excluding hydrogens is 249 g/mol. The maximum absolute atomic E-state index is 13.9. The van der Waals surface area contributed by atoms with E-state index in [4.69, 9.17) is 18.0 Å². The van der Waals surface area contributed by atoms with Crippen LogP contribution in [-0.4, -0.2) is 9.97 Å². The molecule has 2 rings (SSSR count). The Balaban J connectivity index is 2.40. The highest BCUT2D eigenvalue weighted by Crippen LogP contribution is 2.23. The van der Waals surface area contributed by atoms with Crippen molar-refractivity contribution in [1.29, 1.82) is 0 Å². The monoisotopic (exact) mass is 261 g/mol. The number of pyridine rings is 1. The van der Waals surface area contributed by atoms with Crippen molar-refractivity contribution in [1.82, 2.24) is 4.98 Å². The first kappa shape index (κ1) is 12.4. The van der Waals surface area contributed by atoms with Gasteiger partial charge < -0.3 is 11.1 Å². The predicted molar refractivity (Wildman–Crippen MR) is 74.5 cm³/mol. The highest BCUT2D eigenvalue weighted by atomic mass is 32.1. The molecule has 18 heavy (non-hydrogen) atoms. The van der Waals surface area contributed by atoms with Gasteiger partial charge in [0.25, 0.3) is 0 Å². The Morgan fingerprint density at radius 3 is 2.83 bits per heavy atom. The molecule has 92 valence electrons. The Morgan fingerprint density at radius 2 is 2.11 bits per heavy atom. The second-order valence-corrected chi connectivity index (χ2v) is 4.29. The zero-order chi connectivity index (χ0) is 13.1. The summed E-state index contributed by atoms with van der Waals surface area (Å²) in [5.41, 5.74) is 7.78. The van der Waals surface area contributed by atoms with E-state index in [9.17, 15) is 4.39 Å². The van der Waals surface area contributed by atoms with Gasteiger partial charge in [0.05, 0.1) is 17.6 Å². The number of nitrogens with zero attached hydrogens (tertiary/aromatic N) is 1. The second-order valence-electron chi connectivity index (χ2n) is 3.85. The summed E-state index contributed by atoms with van der Waals surface area (Å²) in [5, 5.41) is 2.96. The van der Waals surface area contributed by atoms with Gasteiger partial charge in [-0.1, -0.05) is 24.4 Å². The van der Waals surface area contributed by atoms with Crippen LogP contribution in [0.3, 0.4) is 0 Å². The predicted octanol–water partition coefficient (Wildman–Crippen LogP) is 2.91. The maximum atomic E-state index is 13.9. The summed E-state index contributed by atoms with van der Waals surface area (Å²) in [7, 11) is 0. The topological polar surface area (TPSA) is 50.9 Å². The largest absolute Gasteiger partial charge is 0.389 e. The third kappa shape index (κ3) is 2.46. The highest BCUT2D eigenvalue weighted by molar-refractivity contribution is 7.80. The van der Waals surface area contributed by atoms with Crippen molar-refractivity contribution >= 4 is 28.6 Å². The van der Waals surface area contributed by atoms with E-state index < -0.39 is 0 Å². The van der Waals surface area contributed by atoms with Crippen LogP contribution in [0.1, 0.15) is 11.1 Å². The molecule has 0 atom stereocenters. The maximum Gasteiger partial charge on any atom is 0.149 e. The SMILES string of the molecule is Cc1cccc(Nc2cnccc2C(N)=S)c1F. The molecule has 1 aromatic heterocycles. The minimum Gasteiger partial charge on any atom is -0.389 e. The fourth-order valence-electron chi connectivity index (χ4n) is 1.60. The van der Waals surface area contributed by atoms with Crippen LogP contribution in [0.4, 0.5) is 15.8 Å². The van der Waals surface area contributed by atoms with Gasteiger partial charge in [-0.3, -0.25) is 4.98 Å². The summed E-state index contributed by atoms with van der Waals surface area (Å²) >= 11 is 4.94. The van der Waals surface area contributed by atoms with Crippen molar-refractivity contribution < 1.29 is 4.39 Å². The van der Waals surface area contributed by atoms with Gasteiger partial charge in [0.15, 0.2) is 0 Å². The Morgan fingerprint density at radius 1 is 1.33 bits per heavy atom. The molecule has 0 radical (unpaired) electrons. The first-order valence-electron chi connectivity index (χ1n) is 5.35. The number of rotatable bonds is 3. The van der Waals surface area contributed by atoms with E-state index >= 15 is 0 Å². The minimum absolute atomic E-state index is 0.243. The molecule has 1 aromatic carbocycles. The summed E-state index contributed by atoms with van der Waals surface area (Å²) in [4.78, 5) is 4.22. The van der Waals surface area contributed by atoms with E-state index in [2.05, 4.69) is 10.3 Å². The quantitative estimate of drug-likeness (QED) is 0.834. The molecule has 0 aliphatic heterocycles. The highest BCUT2D eigenvalue weighted by Gasteiger charge is 2.09. The summed E-state index contributed by atoms with van der Waals surface area (Å²) < 4.78 is 13.9. The van der Waals surface area contributed by atoms with Gasteiger partial charge in [-0.25, -0.2) is 4.39 Å². The zero-order valence-corrected chi connectivity index (χ0v) is 10.6. The van der Waals surface area contributed by atoms with E-state index in [1.54, 1.807) is 43.6 Å². The standard InChI is InChI=1S/C13H12FN3S/c1-8-3-2-4-10(12(8)14)17-11-7-16-6-5-9(11)13(15)18/h2-7,17H,1H3,(H2,15,18). The third-order valence-corrected chi connectivity index (χ3v) is 2.77. The minimum atomic E-state index is -0.296. The molecular formula is C13H12FN3S. The normalized spacial score (nSPS) is 10.1. The van der Waals surface area contributed by atoms with E-state index in [0.29, 0.717) is 22.5 Å². The number of hydrogen-bond acceptors (Lipinski definition) is 3. The molecule has 5 heteroatoms. The Bertz CT molecular complexity index is 599. The van der Waals surface area contributed by atoms with Gasteiger partial charge in [0.1, 0.15) is 10.8 Å². The Labute approximate surface area is 110 Å². The average Bonchev–Trinajstić information content (AvgIpc) is 2.35. The molecule has 0 aliphatic rings. The lowest BCUT2D eigenvalue weighted by atomic mass is 10.2. The Hall–Kier alpha value is -2.01. The molecule has 0 aliphatic carbocycles. The molecule has 0 spiro atoms. The van der Waals surface area contributed by atoms with E-state index in [0.717, 1.165) is 0 Å². The number of thiocarbonyl (C=S) groups is 1. The molecule has 2 aromatic rings. The fraction of sp³-hybridized carbons (Fsp3) is 0.0769. The first-order chi connectivity index (χ1) is 8.59. The van der Waals surface area contributed by atoms with Crippen molar-refractivity contribution in [3.05, 3.63) is 53.6 Å². The van der Waals surface area contributed by atoms with E-state index in [1.165, 1.54) is 0 Å². The van der Waals surface area contributed by atoms with Crippen LogP contribution in [0, 0.1) is 12.7 Å². The molecule has 0 saturated heterocycles. The molecule has 3 N–H and O–H groups in total. The molecule has 0 fully saturated rings. The van der Waals surface area contributed by atoms with Crippen LogP contribution in [0.25, 0.3) is 0 Å². The molecule has 0 saturated carbocycles. The van der Waals surface area contributed by atoms with Gasteiger partial charge in [0.2, 0.25) is 0 Å². The van der Waals surface area contributed by atoms with Crippen molar-refractivity contribution in [3.8, 4) is 0 Å². The summed E-state index contributed by atoms with van der Waals surface area (Å²) in [6, 6.07) is 6.83. The van der Waals surface area contributed by atoms with Crippen molar-refractivity contribution in [3.63, 3.8) is 0 Å². The number of halogens is 1. The van der Waals surface area contributed by atoms with Crippen LogP contribution in [0.5, 0.6) is 0 Å². The summed E-state index contributed by atoms with van der Waals surface area (Å²) in [5.74, 6) is -0.296. The second kappa shape index (κ2) is 5.10. The molecule has 1 heterocycles. The molecule has 0 unspecified atom stereocenters. The van der Waals surface area contributed by atoms with E-state index in [1.807, 2.05) is 0 Å². The van der Waals surface area contributed by atoms with Crippen molar-refractivity contribution in [2.24, 2.45) is 5.73 Å². The first-order valence-corrected chi connectivity index (χ1v) is 5.76. The fourth-order valence-corrected chi connectivity index (χ4v) is 1.78. The van der Waals surface area contributed by atoms with Crippen molar-refractivity contribution in [2.45, 2.75) is 6.92 Å². The number of anilines is 2. The number of benzene rings is 1. The van der Waals surface area contributed by atoms with Gasteiger partial charge in [0, 0.05) is 11.8 Å². The summed E-state index contributed by atoms with van der Waals surface area (Å²) in [6.07, 6.45) is 3.16. The summed E-state index contributed by atoms with van der Waals surface area (Å²) in [6.45, 7) is 1.71. The number of nitrogens with one attached hydrogen (secondary N) is 1. The van der Waals surface area contributed by atoms with E-state index in [-0.39, 0.29) is 10.8 Å².